The summed E-state index contributed by atoms with van der Waals surface area (Å²) in [7, 11) is 0. The molecule has 0 bridgehead atoms. The zero-order valence-electron chi connectivity index (χ0n) is 16.2. The van der Waals surface area contributed by atoms with E-state index in [2.05, 4.69) is 13.0 Å². The van der Waals surface area contributed by atoms with Crippen LogP contribution in [0.1, 0.15) is 77.6 Å². The number of carbonyl (C=O) groups excluding carboxylic acids is 1. The molecule has 1 N–H and O–H groups in total. The van der Waals surface area contributed by atoms with Crippen molar-refractivity contribution < 1.29 is 14.7 Å². The van der Waals surface area contributed by atoms with E-state index in [1.54, 1.807) is 5.57 Å². The largest absolute Gasteiger partial charge is 0.481 e. The Kier molecular flexibility index (Phi) is 4.53. The second kappa shape index (κ2) is 6.62. The first-order chi connectivity index (χ1) is 12.9. The third-order valence-electron chi connectivity index (χ3n) is 8.50. The van der Waals surface area contributed by atoms with Crippen molar-refractivity contribution in [2.45, 2.75) is 77.6 Å². The van der Waals surface area contributed by atoms with Gasteiger partial charge in [-0.25, -0.2) is 0 Å². The van der Waals surface area contributed by atoms with Gasteiger partial charge in [-0.05, 0) is 91.3 Å². The van der Waals surface area contributed by atoms with E-state index in [9.17, 15) is 20.0 Å². The number of carboxylic acid groups (broad SMARTS) is 1. The van der Waals surface area contributed by atoms with E-state index < -0.39 is 5.97 Å². The first-order valence-corrected chi connectivity index (χ1v) is 10.4. The molecule has 27 heavy (non-hydrogen) atoms. The molecule has 4 aliphatic carbocycles. The Hall–Kier alpha value is -1.89. The average molecular weight is 367 g/mol. The van der Waals surface area contributed by atoms with Gasteiger partial charge in [0.2, 0.25) is 0 Å². The van der Waals surface area contributed by atoms with Crippen LogP contribution >= 0.6 is 0 Å². The highest BCUT2D eigenvalue weighted by Gasteiger charge is 2.60. The van der Waals surface area contributed by atoms with Crippen molar-refractivity contribution in [1.82, 2.24) is 0 Å². The fourth-order valence-electron chi connectivity index (χ4n) is 7.05. The first-order valence-electron chi connectivity index (χ1n) is 10.4. The van der Waals surface area contributed by atoms with E-state index in [4.69, 9.17) is 0 Å². The lowest BCUT2D eigenvalue weighted by molar-refractivity contribution is -0.138. The van der Waals surface area contributed by atoms with Crippen LogP contribution in [0.25, 0.3) is 0 Å². The highest BCUT2D eigenvalue weighted by Crippen LogP contribution is 2.69. The number of fused-ring (bicyclic) bond motifs is 4. The van der Waals surface area contributed by atoms with E-state index in [-0.39, 0.29) is 23.0 Å². The van der Waals surface area contributed by atoms with Crippen molar-refractivity contribution in [3.05, 3.63) is 22.8 Å². The summed E-state index contributed by atoms with van der Waals surface area (Å²) in [5.41, 5.74) is 4.25. The number of aliphatic carboxylic acids is 1. The Labute approximate surface area is 161 Å². The maximum absolute atomic E-state index is 11.8. The van der Waals surface area contributed by atoms with Crippen LogP contribution in [-0.2, 0) is 9.59 Å². The third kappa shape index (κ3) is 2.78. The smallest absolute Gasteiger partial charge is 0.303 e. The van der Waals surface area contributed by atoms with Crippen LogP contribution in [0.4, 0.5) is 0 Å². The van der Waals surface area contributed by atoms with Crippen LogP contribution in [0, 0.1) is 34.0 Å². The van der Waals surface area contributed by atoms with Crippen LogP contribution in [0.2, 0.25) is 0 Å². The highest BCUT2D eigenvalue weighted by atomic mass is 16.4. The molecule has 4 nitrogen and oxygen atoms in total. The minimum absolute atomic E-state index is 0.0542. The maximum atomic E-state index is 11.8. The number of carboxylic acids is 1. The van der Waals surface area contributed by atoms with Gasteiger partial charge in [-0.1, -0.05) is 12.5 Å². The number of allylic oxidation sites excluding steroid dienone is 4. The number of rotatable bonds is 4. The van der Waals surface area contributed by atoms with Crippen molar-refractivity contribution in [1.29, 1.82) is 5.26 Å². The van der Waals surface area contributed by atoms with Crippen molar-refractivity contribution in [2.24, 2.45) is 22.7 Å². The number of hydrogen-bond donors (Lipinski definition) is 1. The molecule has 4 aliphatic rings. The lowest BCUT2D eigenvalue weighted by Crippen LogP contribution is -2.45. The van der Waals surface area contributed by atoms with Gasteiger partial charge in [0.25, 0.3) is 0 Å². The molecule has 0 aromatic carbocycles. The van der Waals surface area contributed by atoms with Crippen molar-refractivity contribution in [2.75, 3.05) is 0 Å². The van der Waals surface area contributed by atoms with Gasteiger partial charge in [0, 0.05) is 19.3 Å². The van der Waals surface area contributed by atoms with Gasteiger partial charge in [0.05, 0.1) is 6.07 Å². The monoisotopic (exact) mass is 367 g/mol. The second-order valence-corrected chi connectivity index (χ2v) is 9.36. The fraction of sp³-hybridized carbons (Fsp3) is 0.696. The maximum Gasteiger partial charge on any atom is 0.303 e. The van der Waals surface area contributed by atoms with Gasteiger partial charge < -0.3 is 5.11 Å². The molecule has 144 valence electrons. The molecule has 4 rings (SSSR count). The summed E-state index contributed by atoms with van der Waals surface area (Å²) in [6, 6.07) is 2.40. The molecule has 0 amide bonds. The fourth-order valence-corrected chi connectivity index (χ4v) is 7.05. The summed E-state index contributed by atoms with van der Waals surface area (Å²) >= 11 is 0. The third-order valence-corrected chi connectivity index (χ3v) is 8.50. The summed E-state index contributed by atoms with van der Waals surface area (Å²) < 4.78 is 0. The Morgan fingerprint density at radius 3 is 2.81 bits per heavy atom. The minimum atomic E-state index is -0.753. The van der Waals surface area contributed by atoms with E-state index in [0.29, 0.717) is 31.1 Å². The quantitative estimate of drug-likeness (QED) is 0.762. The number of nitriles is 1. The van der Waals surface area contributed by atoms with Crippen LogP contribution in [0.15, 0.2) is 22.8 Å². The Balaban J connectivity index is 1.68. The predicted octanol–water partition coefficient (Wildman–Crippen LogP) is 4.96. The van der Waals surface area contributed by atoms with Crippen LogP contribution in [-0.4, -0.2) is 16.9 Å². The lowest BCUT2D eigenvalue weighted by Gasteiger charge is -2.53. The number of hydrogen-bond acceptors (Lipinski definition) is 3. The molecule has 0 radical (unpaired) electrons. The molecule has 2 saturated carbocycles. The lowest BCUT2D eigenvalue weighted by atomic mass is 9.51. The van der Waals surface area contributed by atoms with Gasteiger partial charge >= 0.3 is 5.97 Å². The molecule has 0 aliphatic heterocycles. The minimum Gasteiger partial charge on any atom is -0.481 e. The highest BCUT2D eigenvalue weighted by molar-refractivity contribution is 5.93. The van der Waals surface area contributed by atoms with Crippen molar-refractivity contribution >= 4 is 11.8 Å². The number of nitrogens with zero attached hydrogens (tertiary/aromatic N) is 1. The number of carbonyl (C=O) groups is 2. The molecular weight excluding hydrogens is 338 g/mol. The summed E-state index contributed by atoms with van der Waals surface area (Å²) in [5.74, 6) is 0.637. The summed E-state index contributed by atoms with van der Waals surface area (Å²) in [5, 5.41) is 18.8. The van der Waals surface area contributed by atoms with E-state index in [1.165, 1.54) is 11.1 Å². The zero-order valence-corrected chi connectivity index (χ0v) is 16.2. The molecule has 2 fully saturated rings. The van der Waals surface area contributed by atoms with E-state index in [0.717, 1.165) is 44.9 Å². The topological polar surface area (TPSA) is 78.2 Å². The van der Waals surface area contributed by atoms with Gasteiger partial charge in [-0.15, -0.1) is 0 Å². The van der Waals surface area contributed by atoms with E-state index in [1.807, 2.05) is 6.08 Å². The Morgan fingerprint density at radius 1 is 1.26 bits per heavy atom. The van der Waals surface area contributed by atoms with Gasteiger partial charge in [0.15, 0.2) is 5.78 Å². The SMILES string of the molecule is C[C@]12CCC3=C4CCC(=O)C=C4CCC3C1CC[C@]2(CC#N)CCC(=O)O. The standard InChI is InChI=1S/C23H29NO3/c1-22-9-6-18-17-5-3-16(25)14-15(17)2-4-19(18)20(22)7-10-23(22,12-13-24)11-8-21(26)27/h14,19-20H,2-12H2,1H3,(H,26,27)/t19?,20?,22-,23+/m0/s1. The first kappa shape index (κ1) is 18.5. The predicted molar refractivity (Wildman–Crippen MR) is 102 cm³/mol. The van der Waals surface area contributed by atoms with Gasteiger partial charge in [0.1, 0.15) is 0 Å². The van der Waals surface area contributed by atoms with Crippen LogP contribution in [0.3, 0.4) is 0 Å². The van der Waals surface area contributed by atoms with Gasteiger partial charge in [-0.3, -0.25) is 9.59 Å². The molecule has 0 heterocycles. The summed E-state index contributed by atoms with van der Waals surface area (Å²) in [6.45, 7) is 2.35. The molecule has 0 saturated heterocycles. The Morgan fingerprint density at radius 2 is 2.07 bits per heavy atom. The molecule has 0 aromatic rings. The average Bonchev–Trinajstić information content (AvgIpc) is 2.93. The molecule has 4 atom stereocenters. The molecule has 2 unspecified atom stereocenters. The molecular formula is C23H29NO3. The van der Waals surface area contributed by atoms with E-state index >= 15 is 0 Å². The van der Waals surface area contributed by atoms with Gasteiger partial charge in [-0.2, -0.15) is 5.26 Å². The number of ketones is 1. The normalized spacial score (nSPS) is 37.8. The molecule has 0 aromatic heterocycles. The van der Waals surface area contributed by atoms with Crippen molar-refractivity contribution in [3.63, 3.8) is 0 Å². The van der Waals surface area contributed by atoms with Crippen LogP contribution < -0.4 is 0 Å². The van der Waals surface area contributed by atoms with Crippen LogP contribution in [0.5, 0.6) is 0 Å². The molecule has 0 spiro atoms. The summed E-state index contributed by atoms with van der Waals surface area (Å²) in [4.78, 5) is 23.1. The Bertz CT molecular complexity index is 786. The molecule has 4 heteroatoms. The zero-order chi connectivity index (χ0) is 19.2. The summed E-state index contributed by atoms with van der Waals surface area (Å²) in [6.07, 6.45) is 11.0. The van der Waals surface area contributed by atoms with Crippen molar-refractivity contribution in [3.8, 4) is 6.07 Å². The second-order valence-electron chi connectivity index (χ2n) is 9.36.